The highest BCUT2D eigenvalue weighted by Gasteiger charge is 2.21. The Morgan fingerprint density at radius 3 is 2.76 bits per heavy atom. The van der Waals surface area contributed by atoms with Crippen LogP contribution in [0.2, 0.25) is 0 Å². The van der Waals surface area contributed by atoms with E-state index in [9.17, 15) is 9.18 Å². The van der Waals surface area contributed by atoms with Gasteiger partial charge in [0.1, 0.15) is 5.82 Å². The Balaban J connectivity index is 2.65. The number of para-hydroxylation sites is 1. The summed E-state index contributed by atoms with van der Waals surface area (Å²) in [6, 6.07) is 4.89. The van der Waals surface area contributed by atoms with Gasteiger partial charge in [0.25, 0.3) is 5.91 Å². The first-order valence-electron chi connectivity index (χ1n) is 6.70. The number of rotatable bonds is 3. The van der Waals surface area contributed by atoms with Crippen LogP contribution in [0.1, 0.15) is 20.8 Å². The number of fused-ring (bicyclic) bond motifs is 1. The van der Waals surface area contributed by atoms with Gasteiger partial charge >= 0.3 is 0 Å². The molecular weight excluding hydrogens is 291 g/mol. The summed E-state index contributed by atoms with van der Waals surface area (Å²) in [5, 5.41) is 0. The minimum atomic E-state index is -0.562. The average molecular weight is 310 g/mol. The first kappa shape index (κ1) is 15.9. The van der Waals surface area contributed by atoms with Crippen molar-refractivity contribution in [2.75, 3.05) is 13.7 Å². The lowest BCUT2D eigenvalue weighted by Crippen LogP contribution is -2.24. The topological polar surface area (TPSA) is 43.6 Å². The number of aromatic nitrogens is 1. The zero-order valence-corrected chi connectivity index (χ0v) is 13.5. The molecule has 0 atom stereocenters. The van der Waals surface area contributed by atoms with E-state index in [1.165, 1.54) is 17.4 Å². The second kappa shape index (κ2) is 6.07. The van der Waals surface area contributed by atoms with Gasteiger partial charge in [-0.2, -0.15) is 4.99 Å². The predicted octanol–water partition coefficient (Wildman–Crippen LogP) is 2.96. The molecule has 0 unspecified atom stereocenters. The molecule has 2 rings (SSSR count). The Kier molecular flexibility index (Phi) is 4.58. The van der Waals surface area contributed by atoms with Crippen LogP contribution in [-0.2, 0) is 16.1 Å². The summed E-state index contributed by atoms with van der Waals surface area (Å²) in [4.78, 5) is 16.8. The van der Waals surface area contributed by atoms with Gasteiger partial charge < -0.3 is 9.30 Å². The van der Waals surface area contributed by atoms with Gasteiger partial charge in [-0.1, -0.05) is 38.2 Å². The normalized spacial score (nSPS) is 13.1. The van der Waals surface area contributed by atoms with Crippen molar-refractivity contribution >= 4 is 27.5 Å². The van der Waals surface area contributed by atoms with Crippen LogP contribution in [0.15, 0.2) is 23.2 Å². The molecule has 0 radical (unpaired) electrons. The van der Waals surface area contributed by atoms with Gasteiger partial charge in [0.2, 0.25) is 0 Å². The van der Waals surface area contributed by atoms with E-state index < -0.39 is 5.41 Å². The average Bonchev–Trinajstić information content (AvgIpc) is 2.74. The lowest BCUT2D eigenvalue weighted by molar-refractivity contribution is -0.125. The van der Waals surface area contributed by atoms with Crippen molar-refractivity contribution in [3.05, 3.63) is 28.8 Å². The van der Waals surface area contributed by atoms with Gasteiger partial charge in [0, 0.05) is 19.1 Å². The van der Waals surface area contributed by atoms with Crippen LogP contribution < -0.4 is 4.80 Å². The monoisotopic (exact) mass is 310 g/mol. The third-order valence-electron chi connectivity index (χ3n) is 3.01. The molecule has 0 aliphatic carbocycles. The van der Waals surface area contributed by atoms with E-state index in [1.54, 1.807) is 17.7 Å². The fourth-order valence-corrected chi connectivity index (χ4v) is 2.89. The molecule has 1 amide bonds. The van der Waals surface area contributed by atoms with Crippen molar-refractivity contribution in [2.45, 2.75) is 27.3 Å². The first-order chi connectivity index (χ1) is 9.84. The van der Waals surface area contributed by atoms with Gasteiger partial charge in [0.15, 0.2) is 4.80 Å². The van der Waals surface area contributed by atoms with E-state index in [-0.39, 0.29) is 11.7 Å². The quantitative estimate of drug-likeness (QED) is 0.875. The minimum Gasteiger partial charge on any atom is -0.383 e. The Labute approximate surface area is 126 Å². The molecule has 4 nitrogen and oxygen atoms in total. The summed E-state index contributed by atoms with van der Waals surface area (Å²) >= 11 is 1.31. The molecule has 1 heterocycles. The van der Waals surface area contributed by atoms with Crippen LogP contribution >= 0.6 is 11.3 Å². The number of thiazole rings is 1. The third-order valence-corrected chi connectivity index (χ3v) is 4.05. The molecule has 6 heteroatoms. The van der Waals surface area contributed by atoms with Crippen molar-refractivity contribution in [1.82, 2.24) is 4.57 Å². The van der Waals surface area contributed by atoms with Crippen LogP contribution in [0.3, 0.4) is 0 Å². The number of benzene rings is 1. The van der Waals surface area contributed by atoms with Gasteiger partial charge in [0.05, 0.1) is 16.8 Å². The molecule has 0 aliphatic heterocycles. The largest absolute Gasteiger partial charge is 0.383 e. The highest BCUT2D eigenvalue weighted by atomic mass is 32.1. The number of ether oxygens (including phenoxy) is 1. The second-order valence-electron chi connectivity index (χ2n) is 5.78. The Morgan fingerprint density at radius 1 is 1.43 bits per heavy atom. The summed E-state index contributed by atoms with van der Waals surface area (Å²) in [5.41, 5.74) is -0.0895. The third kappa shape index (κ3) is 3.39. The molecule has 0 saturated carbocycles. The van der Waals surface area contributed by atoms with Crippen LogP contribution in [0, 0.1) is 11.2 Å². The van der Waals surface area contributed by atoms with Gasteiger partial charge in [-0.3, -0.25) is 4.79 Å². The number of hydrogen-bond donors (Lipinski definition) is 0. The molecule has 114 valence electrons. The Morgan fingerprint density at radius 2 is 2.14 bits per heavy atom. The van der Waals surface area contributed by atoms with E-state index in [4.69, 9.17) is 4.74 Å². The fraction of sp³-hybridized carbons (Fsp3) is 0.467. The van der Waals surface area contributed by atoms with Crippen LogP contribution in [0.25, 0.3) is 10.2 Å². The number of amides is 1. The van der Waals surface area contributed by atoms with Crippen LogP contribution in [0.4, 0.5) is 4.39 Å². The number of carbonyl (C=O) groups excluding carboxylic acids is 1. The number of carbonyl (C=O) groups is 1. The molecule has 0 saturated heterocycles. The summed E-state index contributed by atoms with van der Waals surface area (Å²) in [6.07, 6.45) is 0. The van der Waals surface area contributed by atoms with Crippen molar-refractivity contribution in [3.63, 3.8) is 0 Å². The molecule has 0 fully saturated rings. The Bertz CT molecular complexity index is 725. The molecule has 0 aliphatic rings. The summed E-state index contributed by atoms with van der Waals surface area (Å²) < 4.78 is 21.6. The predicted molar refractivity (Wildman–Crippen MR) is 81.7 cm³/mol. The maximum atomic E-state index is 14.1. The second-order valence-corrected chi connectivity index (χ2v) is 6.79. The summed E-state index contributed by atoms with van der Waals surface area (Å²) in [7, 11) is 1.59. The maximum Gasteiger partial charge on any atom is 0.253 e. The van der Waals surface area contributed by atoms with E-state index in [0.29, 0.717) is 23.5 Å². The van der Waals surface area contributed by atoms with Crippen molar-refractivity contribution < 1.29 is 13.9 Å². The Hall–Kier alpha value is -1.53. The fourth-order valence-electron chi connectivity index (χ4n) is 1.82. The molecule has 21 heavy (non-hydrogen) atoms. The number of hydrogen-bond acceptors (Lipinski definition) is 3. The SMILES string of the molecule is COCCn1c(=NC(=O)C(C)(C)C)sc2cccc(F)c21. The molecule has 1 aromatic carbocycles. The van der Waals surface area contributed by atoms with Crippen molar-refractivity contribution in [3.8, 4) is 0 Å². The van der Waals surface area contributed by atoms with Crippen molar-refractivity contribution in [1.29, 1.82) is 0 Å². The van der Waals surface area contributed by atoms with Crippen LogP contribution in [0.5, 0.6) is 0 Å². The smallest absolute Gasteiger partial charge is 0.253 e. The maximum absolute atomic E-state index is 14.1. The van der Waals surface area contributed by atoms with E-state index in [0.717, 1.165) is 4.70 Å². The molecule has 0 N–H and O–H groups in total. The first-order valence-corrected chi connectivity index (χ1v) is 7.52. The van der Waals surface area contributed by atoms with E-state index in [1.807, 2.05) is 26.8 Å². The summed E-state index contributed by atoms with van der Waals surface area (Å²) in [5.74, 6) is -0.537. The highest BCUT2D eigenvalue weighted by molar-refractivity contribution is 7.16. The lowest BCUT2D eigenvalue weighted by Gasteiger charge is -2.12. The molecule has 0 spiro atoms. The molecule has 1 aromatic heterocycles. The zero-order valence-electron chi connectivity index (χ0n) is 12.6. The summed E-state index contributed by atoms with van der Waals surface area (Å²) in [6.45, 7) is 6.31. The number of methoxy groups -OCH3 is 1. The van der Waals surface area contributed by atoms with Gasteiger partial charge in [-0.05, 0) is 12.1 Å². The van der Waals surface area contributed by atoms with E-state index >= 15 is 0 Å². The molecule has 2 aromatic rings. The minimum absolute atomic E-state index is 0.222. The van der Waals surface area contributed by atoms with Gasteiger partial charge in [-0.25, -0.2) is 4.39 Å². The van der Waals surface area contributed by atoms with E-state index in [2.05, 4.69) is 4.99 Å². The van der Waals surface area contributed by atoms with Crippen LogP contribution in [-0.4, -0.2) is 24.2 Å². The highest BCUT2D eigenvalue weighted by Crippen LogP contribution is 2.21. The van der Waals surface area contributed by atoms with Gasteiger partial charge in [-0.15, -0.1) is 0 Å². The number of nitrogens with zero attached hydrogens (tertiary/aromatic N) is 2. The lowest BCUT2D eigenvalue weighted by atomic mass is 9.96. The standard InChI is InChI=1S/C15H19FN2O2S/c1-15(2,3)13(19)17-14-18(8-9-20-4)12-10(16)6-5-7-11(12)21-14/h5-7H,8-9H2,1-4H3. The van der Waals surface area contributed by atoms with Crippen molar-refractivity contribution in [2.24, 2.45) is 10.4 Å². The molecule has 0 bridgehead atoms. The number of halogens is 1. The zero-order chi connectivity index (χ0) is 15.6. The molecular formula is C15H19FN2O2S.